The van der Waals surface area contributed by atoms with E-state index in [4.69, 9.17) is 0 Å². The summed E-state index contributed by atoms with van der Waals surface area (Å²) in [5, 5.41) is 5.57. The summed E-state index contributed by atoms with van der Waals surface area (Å²) in [5.74, 6) is 0.0519. The van der Waals surface area contributed by atoms with Gasteiger partial charge in [0.1, 0.15) is 0 Å². The van der Waals surface area contributed by atoms with Gasteiger partial charge in [-0.2, -0.15) is 0 Å². The van der Waals surface area contributed by atoms with E-state index in [0.29, 0.717) is 12.1 Å². The number of nitrogens with zero attached hydrogens (tertiary/aromatic N) is 1. The van der Waals surface area contributed by atoms with Crippen molar-refractivity contribution in [2.24, 2.45) is 0 Å². The summed E-state index contributed by atoms with van der Waals surface area (Å²) in [7, 11) is 1.72. The summed E-state index contributed by atoms with van der Waals surface area (Å²) in [4.78, 5) is 24.9. The van der Waals surface area contributed by atoms with Gasteiger partial charge in [-0.05, 0) is 31.7 Å². The van der Waals surface area contributed by atoms with Crippen LogP contribution in [0.3, 0.4) is 0 Å². The smallest absolute Gasteiger partial charge is 0.238 e. The summed E-state index contributed by atoms with van der Waals surface area (Å²) in [6, 6.07) is 7.38. The number of amides is 2. The number of carbonyl (C=O) groups excluding carboxylic acids is 2. The highest BCUT2D eigenvalue weighted by Crippen LogP contribution is 2.24. The Kier molecular flexibility index (Phi) is 3.94. The lowest BCUT2D eigenvalue weighted by Crippen LogP contribution is -2.26. The van der Waals surface area contributed by atoms with Gasteiger partial charge in [0.15, 0.2) is 0 Å². The van der Waals surface area contributed by atoms with Crippen molar-refractivity contribution < 1.29 is 9.59 Å². The van der Waals surface area contributed by atoms with Crippen LogP contribution in [0.25, 0.3) is 0 Å². The van der Waals surface area contributed by atoms with Gasteiger partial charge >= 0.3 is 0 Å². The second-order valence-corrected chi connectivity index (χ2v) is 4.28. The molecular weight excluding hydrogens is 230 g/mol. The summed E-state index contributed by atoms with van der Waals surface area (Å²) >= 11 is 0. The maximum absolute atomic E-state index is 11.6. The average Bonchev–Trinajstić information content (AvgIpc) is 2.76. The molecule has 5 nitrogen and oxygen atoms in total. The molecule has 1 fully saturated rings. The maximum atomic E-state index is 11.6. The zero-order valence-corrected chi connectivity index (χ0v) is 10.4. The molecule has 18 heavy (non-hydrogen) atoms. The molecule has 0 spiro atoms. The van der Waals surface area contributed by atoms with Gasteiger partial charge in [0, 0.05) is 24.3 Å². The largest absolute Gasteiger partial charge is 0.325 e. The first-order chi connectivity index (χ1) is 8.70. The predicted octanol–water partition coefficient (Wildman–Crippen LogP) is 0.971. The summed E-state index contributed by atoms with van der Waals surface area (Å²) < 4.78 is 0. The van der Waals surface area contributed by atoms with Gasteiger partial charge in [0.25, 0.3) is 0 Å². The standard InChI is InChI=1S/C13H17N3O2/c1-14-9-12(17)15-10-4-2-5-11(8-10)16-7-3-6-13(16)18/h2,4-5,8,14H,3,6-7,9H2,1H3,(H,15,17). The first kappa shape index (κ1) is 12.6. The quantitative estimate of drug-likeness (QED) is 0.833. The van der Waals surface area contributed by atoms with Gasteiger partial charge in [-0.3, -0.25) is 9.59 Å². The minimum absolute atomic E-state index is 0.0950. The van der Waals surface area contributed by atoms with E-state index in [2.05, 4.69) is 10.6 Å². The van der Waals surface area contributed by atoms with E-state index in [0.717, 1.165) is 18.7 Å². The number of benzene rings is 1. The van der Waals surface area contributed by atoms with E-state index < -0.39 is 0 Å². The lowest BCUT2D eigenvalue weighted by atomic mass is 10.2. The van der Waals surface area contributed by atoms with Crippen molar-refractivity contribution in [3.8, 4) is 0 Å². The Morgan fingerprint density at radius 1 is 1.44 bits per heavy atom. The summed E-state index contributed by atoms with van der Waals surface area (Å²) in [6.07, 6.45) is 1.51. The van der Waals surface area contributed by atoms with E-state index in [1.807, 2.05) is 24.3 Å². The van der Waals surface area contributed by atoms with Crippen LogP contribution in [0.15, 0.2) is 24.3 Å². The highest BCUT2D eigenvalue weighted by atomic mass is 16.2. The SMILES string of the molecule is CNCC(=O)Nc1cccc(N2CCCC2=O)c1. The molecule has 5 heteroatoms. The van der Waals surface area contributed by atoms with Crippen molar-refractivity contribution in [3.05, 3.63) is 24.3 Å². The minimum atomic E-state index is -0.0950. The van der Waals surface area contributed by atoms with Gasteiger partial charge in [-0.1, -0.05) is 6.07 Å². The zero-order chi connectivity index (χ0) is 13.0. The number of anilines is 2. The molecule has 0 aliphatic carbocycles. The number of carbonyl (C=O) groups is 2. The summed E-state index contributed by atoms with van der Waals surface area (Å²) in [5.41, 5.74) is 1.56. The molecule has 1 aliphatic heterocycles. The molecule has 1 aromatic carbocycles. The van der Waals surface area contributed by atoms with Crippen molar-refractivity contribution in [1.82, 2.24) is 5.32 Å². The van der Waals surface area contributed by atoms with Crippen molar-refractivity contribution >= 4 is 23.2 Å². The van der Waals surface area contributed by atoms with Gasteiger partial charge in [0.05, 0.1) is 6.54 Å². The molecule has 0 radical (unpaired) electrons. The molecule has 2 N–H and O–H groups in total. The van der Waals surface area contributed by atoms with E-state index in [1.165, 1.54) is 0 Å². The third-order valence-electron chi connectivity index (χ3n) is 2.85. The molecular formula is C13H17N3O2. The van der Waals surface area contributed by atoms with Gasteiger partial charge in [-0.15, -0.1) is 0 Å². The van der Waals surface area contributed by atoms with Crippen LogP contribution in [0.5, 0.6) is 0 Å². The van der Waals surface area contributed by atoms with Crippen molar-refractivity contribution in [1.29, 1.82) is 0 Å². The highest BCUT2D eigenvalue weighted by Gasteiger charge is 2.21. The van der Waals surface area contributed by atoms with Crippen molar-refractivity contribution in [3.63, 3.8) is 0 Å². The Labute approximate surface area is 106 Å². The van der Waals surface area contributed by atoms with Crippen LogP contribution in [0.4, 0.5) is 11.4 Å². The third-order valence-corrected chi connectivity index (χ3v) is 2.85. The molecule has 0 aromatic heterocycles. The van der Waals surface area contributed by atoms with Crippen LogP contribution >= 0.6 is 0 Å². The zero-order valence-electron chi connectivity index (χ0n) is 10.4. The Balaban J connectivity index is 2.10. The molecule has 2 rings (SSSR count). The fraction of sp³-hybridized carbons (Fsp3) is 0.385. The minimum Gasteiger partial charge on any atom is -0.325 e. The first-order valence-electron chi connectivity index (χ1n) is 6.05. The fourth-order valence-electron chi connectivity index (χ4n) is 2.04. The second kappa shape index (κ2) is 5.64. The van der Waals surface area contributed by atoms with Crippen LogP contribution in [-0.4, -0.2) is 32.0 Å². The molecule has 0 bridgehead atoms. The van der Waals surface area contributed by atoms with Gasteiger partial charge in [0.2, 0.25) is 11.8 Å². The van der Waals surface area contributed by atoms with Gasteiger partial charge in [-0.25, -0.2) is 0 Å². The topological polar surface area (TPSA) is 61.4 Å². The monoisotopic (exact) mass is 247 g/mol. The predicted molar refractivity (Wildman–Crippen MR) is 70.6 cm³/mol. The molecule has 0 unspecified atom stereocenters. The van der Waals surface area contributed by atoms with E-state index >= 15 is 0 Å². The Hall–Kier alpha value is -1.88. The van der Waals surface area contributed by atoms with Gasteiger partial charge < -0.3 is 15.5 Å². The van der Waals surface area contributed by atoms with Crippen LogP contribution in [0, 0.1) is 0 Å². The highest BCUT2D eigenvalue weighted by molar-refractivity contribution is 5.97. The molecule has 1 heterocycles. The maximum Gasteiger partial charge on any atom is 0.238 e. The van der Waals surface area contributed by atoms with E-state index in [9.17, 15) is 9.59 Å². The van der Waals surface area contributed by atoms with Crippen molar-refractivity contribution in [2.75, 3.05) is 30.4 Å². The fourth-order valence-corrected chi connectivity index (χ4v) is 2.04. The summed E-state index contributed by atoms with van der Waals surface area (Å²) in [6.45, 7) is 1.03. The third kappa shape index (κ3) is 2.87. The molecule has 1 saturated heterocycles. The molecule has 96 valence electrons. The average molecular weight is 247 g/mol. The van der Waals surface area contributed by atoms with Crippen molar-refractivity contribution in [2.45, 2.75) is 12.8 Å². The lowest BCUT2D eigenvalue weighted by molar-refractivity contribution is -0.117. The Bertz CT molecular complexity index is 459. The van der Waals surface area contributed by atoms with Crippen LogP contribution < -0.4 is 15.5 Å². The van der Waals surface area contributed by atoms with E-state index in [1.54, 1.807) is 11.9 Å². The van der Waals surface area contributed by atoms with Crippen LogP contribution in [-0.2, 0) is 9.59 Å². The second-order valence-electron chi connectivity index (χ2n) is 4.28. The van der Waals surface area contributed by atoms with Crippen LogP contribution in [0.1, 0.15) is 12.8 Å². The molecule has 2 amide bonds. The lowest BCUT2D eigenvalue weighted by Gasteiger charge is -2.16. The Morgan fingerprint density at radius 3 is 2.94 bits per heavy atom. The number of hydrogen-bond acceptors (Lipinski definition) is 3. The number of hydrogen-bond donors (Lipinski definition) is 2. The normalized spacial score (nSPS) is 14.9. The number of likely N-dealkylation sites (N-methyl/N-ethyl adjacent to an activating group) is 1. The number of nitrogens with one attached hydrogen (secondary N) is 2. The Morgan fingerprint density at radius 2 is 2.28 bits per heavy atom. The first-order valence-corrected chi connectivity index (χ1v) is 6.05. The molecule has 0 saturated carbocycles. The van der Waals surface area contributed by atoms with Crippen LogP contribution in [0.2, 0.25) is 0 Å². The molecule has 1 aromatic rings. The molecule has 1 aliphatic rings. The molecule has 0 atom stereocenters. The number of rotatable bonds is 4. The van der Waals surface area contributed by atoms with E-state index in [-0.39, 0.29) is 18.4 Å².